The van der Waals surface area contributed by atoms with Gasteiger partial charge in [0.05, 0.1) is 22.2 Å². The van der Waals surface area contributed by atoms with E-state index in [0.717, 1.165) is 35.3 Å². The summed E-state index contributed by atoms with van der Waals surface area (Å²) in [4.78, 5) is 4.61. The van der Waals surface area contributed by atoms with Gasteiger partial charge >= 0.3 is 0 Å². The molecule has 1 atom stereocenters. The average molecular weight is 373 g/mol. The molecule has 3 heterocycles. The van der Waals surface area contributed by atoms with Crippen LogP contribution in [0.2, 0.25) is 0 Å². The number of hydrogen-bond acceptors (Lipinski definition) is 7. The molecule has 9 heteroatoms. The number of nitrogens with zero attached hydrogens (tertiary/aromatic N) is 4. The number of thioether (sulfide) groups is 1. The lowest BCUT2D eigenvalue weighted by Crippen LogP contribution is -2.09. The number of hydrogen-bond donors (Lipinski definition) is 0. The highest BCUT2D eigenvalue weighted by Crippen LogP contribution is 2.30. The van der Waals surface area contributed by atoms with Crippen LogP contribution in [0.4, 0.5) is 0 Å². The van der Waals surface area contributed by atoms with E-state index in [1.807, 2.05) is 11.6 Å². The second-order valence-corrected chi connectivity index (χ2v) is 9.88. The fourth-order valence-electron chi connectivity index (χ4n) is 2.69. The predicted octanol–water partition coefficient (Wildman–Crippen LogP) is 2.42. The Morgan fingerprint density at radius 3 is 2.96 bits per heavy atom. The van der Waals surface area contributed by atoms with Crippen molar-refractivity contribution >= 4 is 32.9 Å². The van der Waals surface area contributed by atoms with Crippen LogP contribution in [0.25, 0.3) is 0 Å². The van der Waals surface area contributed by atoms with E-state index < -0.39 is 9.84 Å². The zero-order valence-corrected chi connectivity index (χ0v) is 15.7. The highest BCUT2D eigenvalue weighted by Gasteiger charge is 2.32. The van der Waals surface area contributed by atoms with Gasteiger partial charge in [-0.15, -0.1) is 21.5 Å². The first-order chi connectivity index (χ1) is 11.0. The quantitative estimate of drug-likeness (QED) is 0.725. The number of aromatic nitrogens is 4. The number of aryl methyl sites for hydroxylation is 1. The Hall–Kier alpha value is -0.930. The zero-order chi connectivity index (χ0) is 16.4. The van der Waals surface area contributed by atoms with E-state index >= 15 is 0 Å². The van der Waals surface area contributed by atoms with Gasteiger partial charge in [-0.3, -0.25) is 0 Å². The molecule has 0 saturated carbocycles. The Morgan fingerprint density at radius 1 is 1.43 bits per heavy atom. The third-order valence-corrected chi connectivity index (χ3v) is 7.66. The second-order valence-electron chi connectivity index (χ2n) is 5.77. The SMILES string of the molecule is CCCc1nc(CSc2nnc([C@H]3CCS(=O)(=O)C3)n2C)cs1. The van der Waals surface area contributed by atoms with Crippen molar-refractivity contribution in [2.45, 2.75) is 43.0 Å². The summed E-state index contributed by atoms with van der Waals surface area (Å²) in [7, 11) is -0.997. The molecular formula is C14H20N4O2S3. The molecule has 6 nitrogen and oxygen atoms in total. The first-order valence-corrected chi connectivity index (χ1v) is 11.3. The van der Waals surface area contributed by atoms with Crippen LogP contribution in [0.15, 0.2) is 10.5 Å². The Morgan fingerprint density at radius 2 is 2.26 bits per heavy atom. The molecule has 0 N–H and O–H groups in total. The van der Waals surface area contributed by atoms with Gasteiger partial charge in [-0.1, -0.05) is 18.7 Å². The van der Waals surface area contributed by atoms with E-state index in [4.69, 9.17) is 0 Å². The summed E-state index contributed by atoms with van der Waals surface area (Å²) in [6.45, 7) is 2.15. The van der Waals surface area contributed by atoms with E-state index in [9.17, 15) is 8.42 Å². The van der Waals surface area contributed by atoms with Crippen molar-refractivity contribution in [1.29, 1.82) is 0 Å². The fourth-order valence-corrected chi connectivity index (χ4v) is 6.24. The fraction of sp³-hybridized carbons (Fsp3) is 0.643. The van der Waals surface area contributed by atoms with Crippen molar-refractivity contribution in [2.75, 3.05) is 11.5 Å². The van der Waals surface area contributed by atoms with E-state index in [1.54, 1.807) is 23.1 Å². The Balaban J connectivity index is 1.65. The van der Waals surface area contributed by atoms with Crippen LogP contribution in [0, 0.1) is 0 Å². The van der Waals surface area contributed by atoms with Gasteiger partial charge in [0, 0.05) is 24.1 Å². The predicted molar refractivity (Wildman–Crippen MR) is 92.7 cm³/mol. The molecule has 1 fully saturated rings. The lowest BCUT2D eigenvalue weighted by molar-refractivity contribution is 0.599. The van der Waals surface area contributed by atoms with Crippen molar-refractivity contribution in [3.63, 3.8) is 0 Å². The molecule has 1 saturated heterocycles. The standard InChI is InChI=1S/C14H20N4O2S3/c1-3-4-12-15-11(7-21-12)8-22-14-17-16-13(18(14)2)10-5-6-23(19,20)9-10/h7,10H,3-6,8-9H2,1-2H3/t10-/m0/s1. The molecular weight excluding hydrogens is 352 g/mol. The van der Waals surface area contributed by atoms with Gasteiger partial charge in [0.2, 0.25) is 0 Å². The maximum absolute atomic E-state index is 11.6. The summed E-state index contributed by atoms with van der Waals surface area (Å²) in [5, 5.41) is 12.5. The van der Waals surface area contributed by atoms with Gasteiger partial charge in [-0.05, 0) is 19.3 Å². The summed E-state index contributed by atoms with van der Waals surface area (Å²) in [5.74, 6) is 1.96. The molecule has 126 valence electrons. The van der Waals surface area contributed by atoms with Gasteiger partial charge < -0.3 is 4.57 Å². The molecule has 2 aromatic rings. The van der Waals surface area contributed by atoms with Gasteiger partial charge in [-0.25, -0.2) is 13.4 Å². The largest absolute Gasteiger partial charge is 0.309 e. The van der Waals surface area contributed by atoms with Crippen LogP contribution in [-0.2, 0) is 29.1 Å². The third-order valence-electron chi connectivity index (χ3n) is 3.88. The van der Waals surface area contributed by atoms with Crippen molar-refractivity contribution in [3.05, 3.63) is 21.9 Å². The maximum Gasteiger partial charge on any atom is 0.191 e. The molecule has 0 aliphatic carbocycles. The molecule has 0 radical (unpaired) electrons. The number of rotatable bonds is 6. The lowest BCUT2D eigenvalue weighted by Gasteiger charge is -2.07. The maximum atomic E-state index is 11.6. The van der Waals surface area contributed by atoms with Crippen molar-refractivity contribution in [1.82, 2.24) is 19.7 Å². The summed E-state index contributed by atoms with van der Waals surface area (Å²) < 4.78 is 25.2. The molecule has 2 aromatic heterocycles. The second kappa shape index (κ2) is 6.90. The molecule has 1 aliphatic heterocycles. The van der Waals surface area contributed by atoms with Crippen LogP contribution >= 0.6 is 23.1 Å². The molecule has 0 bridgehead atoms. The van der Waals surface area contributed by atoms with Crippen LogP contribution < -0.4 is 0 Å². The van der Waals surface area contributed by atoms with Crippen LogP contribution in [0.1, 0.15) is 42.2 Å². The number of thiazole rings is 1. The van der Waals surface area contributed by atoms with Gasteiger partial charge in [0.15, 0.2) is 15.0 Å². The third kappa shape index (κ3) is 3.95. The summed E-state index contributed by atoms with van der Waals surface area (Å²) >= 11 is 3.30. The van der Waals surface area contributed by atoms with Crippen molar-refractivity contribution in [2.24, 2.45) is 7.05 Å². The first-order valence-electron chi connectivity index (χ1n) is 7.64. The molecule has 0 amide bonds. The Labute approximate surface area is 144 Å². The topological polar surface area (TPSA) is 77.7 Å². The first kappa shape index (κ1) is 16.9. The van der Waals surface area contributed by atoms with Crippen LogP contribution in [-0.4, -0.2) is 39.7 Å². The summed E-state index contributed by atoms with van der Waals surface area (Å²) in [6, 6.07) is 0. The highest BCUT2D eigenvalue weighted by molar-refractivity contribution is 7.98. The lowest BCUT2D eigenvalue weighted by atomic mass is 10.1. The average Bonchev–Trinajstić information content (AvgIpc) is 3.17. The summed E-state index contributed by atoms with van der Waals surface area (Å²) in [6.07, 6.45) is 2.78. The minimum atomic E-state index is -2.91. The molecule has 23 heavy (non-hydrogen) atoms. The minimum Gasteiger partial charge on any atom is -0.309 e. The minimum absolute atomic E-state index is 0.0257. The van der Waals surface area contributed by atoms with E-state index in [0.29, 0.717) is 6.42 Å². The molecule has 0 aromatic carbocycles. The van der Waals surface area contributed by atoms with E-state index in [-0.39, 0.29) is 17.4 Å². The Bertz CT molecular complexity index is 782. The van der Waals surface area contributed by atoms with Gasteiger partial charge in [-0.2, -0.15) is 0 Å². The Kier molecular flexibility index (Phi) is 5.07. The number of sulfone groups is 1. The van der Waals surface area contributed by atoms with Crippen LogP contribution in [0.5, 0.6) is 0 Å². The molecule has 1 aliphatic rings. The van der Waals surface area contributed by atoms with Crippen LogP contribution in [0.3, 0.4) is 0 Å². The smallest absolute Gasteiger partial charge is 0.191 e. The zero-order valence-electron chi connectivity index (χ0n) is 13.2. The summed E-state index contributed by atoms with van der Waals surface area (Å²) in [5.41, 5.74) is 1.07. The van der Waals surface area contributed by atoms with Gasteiger partial charge in [0.1, 0.15) is 5.82 Å². The van der Waals surface area contributed by atoms with E-state index in [1.165, 1.54) is 5.01 Å². The normalized spacial score (nSPS) is 20.2. The molecule has 0 spiro atoms. The van der Waals surface area contributed by atoms with Gasteiger partial charge in [0.25, 0.3) is 0 Å². The monoisotopic (exact) mass is 372 g/mol. The van der Waals surface area contributed by atoms with Crippen molar-refractivity contribution in [3.8, 4) is 0 Å². The highest BCUT2D eigenvalue weighted by atomic mass is 32.2. The molecule has 3 rings (SSSR count). The van der Waals surface area contributed by atoms with E-state index in [2.05, 4.69) is 27.5 Å². The molecule has 0 unspecified atom stereocenters. The van der Waals surface area contributed by atoms with Crippen molar-refractivity contribution < 1.29 is 8.42 Å².